The molecule has 1 aliphatic rings. The fraction of sp³-hybridized carbons (Fsp3) is 0.385. The molecule has 1 aromatic carbocycles. The summed E-state index contributed by atoms with van der Waals surface area (Å²) in [6.07, 6.45) is -0.334. The molecule has 0 spiro atoms. The van der Waals surface area contributed by atoms with Gasteiger partial charge >= 0.3 is 0 Å². The number of aromatic nitrogens is 2. The monoisotopic (exact) mass is 261 g/mol. The molecular weight excluding hydrogens is 246 g/mol. The highest BCUT2D eigenvalue weighted by atomic mass is 16.7. The lowest BCUT2D eigenvalue weighted by molar-refractivity contribution is -0.0543. The molecule has 1 N–H and O–H groups in total. The van der Waals surface area contributed by atoms with Crippen molar-refractivity contribution in [2.24, 2.45) is 0 Å². The zero-order chi connectivity index (χ0) is 13.2. The Labute approximate surface area is 110 Å². The van der Waals surface area contributed by atoms with Gasteiger partial charge in [-0.15, -0.1) is 0 Å². The van der Waals surface area contributed by atoms with Gasteiger partial charge in [-0.25, -0.2) is 0 Å². The summed E-state index contributed by atoms with van der Waals surface area (Å²) in [7, 11) is 1.72. The molecule has 0 bridgehead atoms. The number of aromatic amines is 1. The molecule has 1 saturated heterocycles. The highest BCUT2D eigenvalue weighted by Crippen LogP contribution is 2.17. The highest BCUT2D eigenvalue weighted by Gasteiger charge is 2.23. The molecule has 0 saturated carbocycles. The van der Waals surface area contributed by atoms with E-state index in [0.717, 1.165) is 10.9 Å². The van der Waals surface area contributed by atoms with E-state index in [-0.39, 0.29) is 12.2 Å². The molecule has 19 heavy (non-hydrogen) atoms. The van der Waals surface area contributed by atoms with Crippen LogP contribution in [0.1, 0.15) is 10.5 Å². The van der Waals surface area contributed by atoms with Crippen LogP contribution in [0.5, 0.6) is 0 Å². The Morgan fingerprint density at radius 3 is 2.95 bits per heavy atom. The summed E-state index contributed by atoms with van der Waals surface area (Å²) in [5.74, 6) is -0.142. The van der Waals surface area contributed by atoms with Crippen molar-refractivity contribution in [1.82, 2.24) is 15.1 Å². The van der Waals surface area contributed by atoms with Gasteiger partial charge in [0, 0.05) is 12.4 Å². The second kappa shape index (κ2) is 4.99. The Bertz CT molecular complexity index is 590. The van der Waals surface area contributed by atoms with Crippen LogP contribution in [0.4, 0.5) is 0 Å². The number of rotatable bonds is 3. The zero-order valence-electron chi connectivity index (χ0n) is 10.6. The number of ether oxygens (including phenoxy) is 2. The van der Waals surface area contributed by atoms with Gasteiger partial charge in [-0.2, -0.15) is 5.10 Å². The molecule has 0 unspecified atom stereocenters. The molecule has 0 aliphatic carbocycles. The van der Waals surface area contributed by atoms with Crippen molar-refractivity contribution >= 4 is 16.8 Å². The number of hydrogen-bond acceptors (Lipinski definition) is 4. The molecule has 2 aromatic rings. The number of nitrogens with zero attached hydrogens (tertiary/aromatic N) is 2. The molecule has 6 nitrogen and oxygen atoms in total. The van der Waals surface area contributed by atoms with Gasteiger partial charge in [0.05, 0.1) is 25.3 Å². The fourth-order valence-corrected chi connectivity index (χ4v) is 2.13. The summed E-state index contributed by atoms with van der Waals surface area (Å²) in [5, 5.41) is 7.78. The number of amides is 1. The average molecular weight is 261 g/mol. The number of para-hydroxylation sites is 1. The molecule has 1 aromatic heterocycles. The van der Waals surface area contributed by atoms with Gasteiger partial charge in [0.2, 0.25) is 0 Å². The van der Waals surface area contributed by atoms with Crippen molar-refractivity contribution in [2.75, 3.05) is 26.8 Å². The number of hydrogen-bond donors (Lipinski definition) is 1. The van der Waals surface area contributed by atoms with Crippen molar-refractivity contribution in [3.05, 3.63) is 30.0 Å². The second-order valence-corrected chi connectivity index (χ2v) is 4.47. The molecule has 3 rings (SSSR count). The topological polar surface area (TPSA) is 67.5 Å². The molecular formula is C13H15N3O3. The van der Waals surface area contributed by atoms with Crippen LogP contribution in [-0.2, 0) is 9.47 Å². The summed E-state index contributed by atoms with van der Waals surface area (Å²) < 4.78 is 10.7. The van der Waals surface area contributed by atoms with Crippen LogP contribution in [0, 0.1) is 0 Å². The maximum absolute atomic E-state index is 12.3. The van der Waals surface area contributed by atoms with E-state index in [0.29, 0.717) is 25.5 Å². The Morgan fingerprint density at radius 2 is 2.16 bits per heavy atom. The van der Waals surface area contributed by atoms with E-state index in [1.54, 1.807) is 11.9 Å². The van der Waals surface area contributed by atoms with Gasteiger partial charge in [0.15, 0.2) is 12.0 Å². The molecule has 6 heteroatoms. The lowest BCUT2D eigenvalue weighted by Crippen LogP contribution is -2.35. The molecule has 1 aliphatic heterocycles. The maximum Gasteiger partial charge on any atom is 0.274 e. The van der Waals surface area contributed by atoms with E-state index in [1.165, 1.54) is 0 Å². The second-order valence-electron chi connectivity index (χ2n) is 4.47. The molecule has 0 radical (unpaired) electrons. The number of fused-ring (bicyclic) bond motifs is 1. The van der Waals surface area contributed by atoms with Crippen LogP contribution in [0.15, 0.2) is 24.3 Å². The first-order valence-electron chi connectivity index (χ1n) is 6.17. The molecule has 1 amide bonds. The Balaban J connectivity index is 1.78. The number of nitrogens with one attached hydrogen (secondary N) is 1. The van der Waals surface area contributed by atoms with Crippen molar-refractivity contribution in [1.29, 1.82) is 0 Å². The lowest BCUT2D eigenvalue weighted by atomic mass is 10.2. The van der Waals surface area contributed by atoms with E-state index in [4.69, 9.17) is 9.47 Å². The molecule has 0 atom stereocenters. The number of carbonyl (C=O) groups excluding carboxylic acids is 1. The van der Waals surface area contributed by atoms with Crippen LogP contribution in [0.3, 0.4) is 0 Å². The summed E-state index contributed by atoms with van der Waals surface area (Å²) in [6.45, 7) is 1.57. The van der Waals surface area contributed by atoms with Crippen LogP contribution >= 0.6 is 0 Å². The van der Waals surface area contributed by atoms with Crippen molar-refractivity contribution < 1.29 is 14.3 Å². The molecule has 100 valence electrons. The smallest absolute Gasteiger partial charge is 0.274 e. The first-order valence-corrected chi connectivity index (χ1v) is 6.17. The Kier molecular flexibility index (Phi) is 3.18. The number of H-pyrrole nitrogens is 1. The highest BCUT2D eigenvalue weighted by molar-refractivity contribution is 6.04. The van der Waals surface area contributed by atoms with Crippen LogP contribution in [0.25, 0.3) is 10.9 Å². The van der Waals surface area contributed by atoms with Crippen molar-refractivity contribution in [3.8, 4) is 0 Å². The molecule has 1 fully saturated rings. The SMILES string of the molecule is CN(CC1OCCO1)C(=O)c1n[nH]c2ccccc12. The average Bonchev–Trinajstić information content (AvgIpc) is 3.06. The lowest BCUT2D eigenvalue weighted by Gasteiger charge is -2.19. The summed E-state index contributed by atoms with van der Waals surface area (Å²) >= 11 is 0. The third-order valence-electron chi connectivity index (χ3n) is 3.13. The van der Waals surface area contributed by atoms with E-state index >= 15 is 0 Å². The minimum absolute atomic E-state index is 0.142. The van der Waals surface area contributed by atoms with Gasteiger partial charge in [0.25, 0.3) is 5.91 Å². The summed E-state index contributed by atoms with van der Waals surface area (Å²) in [6, 6.07) is 7.56. The number of likely N-dealkylation sites (N-methyl/N-ethyl adjacent to an activating group) is 1. The normalized spacial score (nSPS) is 16.1. The van der Waals surface area contributed by atoms with E-state index in [1.807, 2.05) is 24.3 Å². The summed E-state index contributed by atoms with van der Waals surface area (Å²) in [4.78, 5) is 13.9. The molecule has 2 heterocycles. The third-order valence-corrected chi connectivity index (χ3v) is 3.13. The first-order chi connectivity index (χ1) is 9.25. The fourth-order valence-electron chi connectivity index (χ4n) is 2.13. The Morgan fingerprint density at radius 1 is 1.42 bits per heavy atom. The predicted molar refractivity (Wildman–Crippen MR) is 68.7 cm³/mol. The van der Waals surface area contributed by atoms with Gasteiger partial charge in [-0.05, 0) is 6.07 Å². The number of carbonyl (C=O) groups is 1. The van der Waals surface area contributed by atoms with E-state index < -0.39 is 0 Å². The minimum atomic E-state index is -0.334. The zero-order valence-corrected chi connectivity index (χ0v) is 10.6. The maximum atomic E-state index is 12.3. The minimum Gasteiger partial charge on any atom is -0.348 e. The van der Waals surface area contributed by atoms with Crippen LogP contribution < -0.4 is 0 Å². The standard InChI is InChI=1S/C13H15N3O3/c1-16(8-11-18-6-7-19-11)13(17)12-9-4-2-3-5-10(9)14-15-12/h2-5,11H,6-8H2,1H3,(H,14,15). The van der Waals surface area contributed by atoms with Gasteiger partial charge in [-0.3, -0.25) is 9.89 Å². The first kappa shape index (κ1) is 12.1. The largest absolute Gasteiger partial charge is 0.348 e. The van der Waals surface area contributed by atoms with Crippen molar-refractivity contribution in [2.45, 2.75) is 6.29 Å². The third kappa shape index (κ3) is 2.32. The van der Waals surface area contributed by atoms with Gasteiger partial charge in [-0.1, -0.05) is 18.2 Å². The van der Waals surface area contributed by atoms with E-state index in [2.05, 4.69) is 10.2 Å². The Hall–Kier alpha value is -1.92. The number of benzene rings is 1. The quantitative estimate of drug-likeness (QED) is 0.895. The van der Waals surface area contributed by atoms with Gasteiger partial charge < -0.3 is 14.4 Å². The summed E-state index contributed by atoms with van der Waals surface area (Å²) in [5.41, 5.74) is 1.28. The van der Waals surface area contributed by atoms with Crippen LogP contribution in [0.2, 0.25) is 0 Å². The van der Waals surface area contributed by atoms with Gasteiger partial charge in [0.1, 0.15) is 0 Å². The van der Waals surface area contributed by atoms with Crippen molar-refractivity contribution in [3.63, 3.8) is 0 Å². The predicted octanol–water partition coefficient (Wildman–Crippen LogP) is 1.01. The van der Waals surface area contributed by atoms with Crippen LogP contribution in [-0.4, -0.2) is 54.1 Å². The van der Waals surface area contributed by atoms with E-state index in [9.17, 15) is 4.79 Å².